The normalized spacial score (nSPS) is 12.6. The van der Waals surface area contributed by atoms with Gasteiger partial charge in [0.25, 0.3) is 0 Å². The minimum Gasteiger partial charge on any atom is -0.481 e. The number of benzene rings is 2. The molecule has 2 aromatic carbocycles. The van der Waals surface area contributed by atoms with E-state index in [4.69, 9.17) is 9.84 Å². The van der Waals surface area contributed by atoms with Crippen molar-refractivity contribution >= 4 is 18.0 Å². The summed E-state index contributed by atoms with van der Waals surface area (Å²) in [6.45, 7) is 4.50. The van der Waals surface area contributed by atoms with Crippen LogP contribution in [-0.4, -0.2) is 53.7 Å². The summed E-state index contributed by atoms with van der Waals surface area (Å²) in [5.74, 6) is -0.856. The van der Waals surface area contributed by atoms with Crippen molar-refractivity contribution in [3.8, 4) is 11.1 Å². The number of carboxylic acid groups (broad SMARTS) is 1. The Kier molecular flexibility index (Phi) is 8.31. The summed E-state index contributed by atoms with van der Waals surface area (Å²) >= 11 is 0. The van der Waals surface area contributed by atoms with E-state index in [2.05, 4.69) is 29.6 Å². The number of ether oxygens (including phenoxy) is 1. The van der Waals surface area contributed by atoms with E-state index in [0.717, 1.165) is 11.1 Å². The van der Waals surface area contributed by atoms with E-state index in [9.17, 15) is 14.4 Å². The van der Waals surface area contributed by atoms with Gasteiger partial charge in [0.15, 0.2) is 0 Å². The minimum absolute atomic E-state index is 0.00221. The Bertz CT molecular complexity index is 988. The third-order valence-corrected chi connectivity index (χ3v) is 6.31. The van der Waals surface area contributed by atoms with Gasteiger partial charge >= 0.3 is 12.1 Å². The van der Waals surface area contributed by atoms with Crippen LogP contribution in [0.3, 0.4) is 0 Å². The molecule has 34 heavy (non-hydrogen) atoms. The van der Waals surface area contributed by atoms with E-state index in [0.29, 0.717) is 25.8 Å². The van der Waals surface area contributed by atoms with Gasteiger partial charge in [-0.1, -0.05) is 48.5 Å². The zero-order valence-electron chi connectivity index (χ0n) is 20.2. The lowest BCUT2D eigenvalue weighted by molar-refractivity contribution is -0.137. The van der Waals surface area contributed by atoms with Gasteiger partial charge in [0.05, 0.1) is 0 Å². The van der Waals surface area contributed by atoms with E-state index in [1.165, 1.54) is 11.1 Å². The molecule has 7 heteroatoms. The van der Waals surface area contributed by atoms with Crippen LogP contribution in [0.4, 0.5) is 4.79 Å². The van der Waals surface area contributed by atoms with Gasteiger partial charge in [-0.05, 0) is 55.4 Å². The summed E-state index contributed by atoms with van der Waals surface area (Å²) in [6.07, 6.45) is 1.56. The topological polar surface area (TPSA) is 95.9 Å². The molecular weight excluding hydrogens is 432 g/mol. The zero-order chi connectivity index (χ0) is 24.7. The van der Waals surface area contributed by atoms with Crippen molar-refractivity contribution in [2.24, 2.45) is 0 Å². The molecule has 0 saturated carbocycles. The van der Waals surface area contributed by atoms with E-state index in [1.54, 1.807) is 11.9 Å². The molecular formula is C27H34N2O5. The third-order valence-electron chi connectivity index (χ3n) is 6.31. The number of carbonyl (C=O) groups is 3. The highest BCUT2D eigenvalue weighted by molar-refractivity contribution is 5.79. The molecule has 1 aliphatic carbocycles. The average molecular weight is 467 g/mol. The molecule has 0 unspecified atom stereocenters. The van der Waals surface area contributed by atoms with Crippen LogP contribution in [-0.2, 0) is 14.3 Å². The molecule has 0 bridgehead atoms. The molecule has 2 amide bonds. The largest absolute Gasteiger partial charge is 0.481 e. The highest BCUT2D eigenvalue weighted by atomic mass is 16.5. The molecule has 0 heterocycles. The second-order valence-electron chi connectivity index (χ2n) is 9.50. The molecule has 0 aliphatic heterocycles. The molecule has 1 aliphatic rings. The van der Waals surface area contributed by atoms with Crippen LogP contribution >= 0.6 is 0 Å². The molecule has 0 atom stereocenters. The predicted molar refractivity (Wildman–Crippen MR) is 131 cm³/mol. The highest BCUT2D eigenvalue weighted by Crippen LogP contribution is 2.44. The standard InChI is InChI=1S/C27H34N2O5/c1-27(2,16-15-24(30)29(3)17-9-8-14-25(31)32)28-26(33)34-18-23-21-12-6-4-10-19(21)20-11-5-7-13-22(20)23/h4-7,10-13,23H,8-9,14-18H2,1-3H3,(H,28,33)(H,31,32). The Morgan fingerprint density at radius 1 is 0.971 bits per heavy atom. The minimum atomic E-state index is -0.824. The van der Waals surface area contributed by atoms with Gasteiger partial charge in [-0.15, -0.1) is 0 Å². The van der Waals surface area contributed by atoms with Crippen LogP contribution in [0.2, 0.25) is 0 Å². The van der Waals surface area contributed by atoms with Gasteiger partial charge in [-0.2, -0.15) is 0 Å². The van der Waals surface area contributed by atoms with E-state index >= 15 is 0 Å². The second-order valence-corrected chi connectivity index (χ2v) is 9.50. The lowest BCUT2D eigenvalue weighted by atomic mass is 9.98. The zero-order valence-corrected chi connectivity index (χ0v) is 20.2. The first-order valence-corrected chi connectivity index (χ1v) is 11.8. The van der Waals surface area contributed by atoms with Gasteiger partial charge in [-0.25, -0.2) is 4.79 Å². The number of hydrogen-bond acceptors (Lipinski definition) is 4. The maximum atomic E-state index is 12.6. The summed E-state index contributed by atoms with van der Waals surface area (Å²) in [7, 11) is 1.72. The van der Waals surface area contributed by atoms with Gasteiger partial charge < -0.3 is 20.1 Å². The quantitative estimate of drug-likeness (QED) is 0.464. The molecule has 0 fully saturated rings. The van der Waals surface area contributed by atoms with Crippen LogP contribution in [0.15, 0.2) is 48.5 Å². The molecule has 7 nitrogen and oxygen atoms in total. The number of aliphatic carboxylic acids is 1. The Labute approximate surface area is 201 Å². The monoisotopic (exact) mass is 466 g/mol. The number of fused-ring (bicyclic) bond motifs is 3. The predicted octanol–water partition coefficient (Wildman–Crippen LogP) is 4.80. The molecule has 0 radical (unpaired) electrons. The Balaban J connectivity index is 1.46. The fourth-order valence-corrected chi connectivity index (χ4v) is 4.33. The summed E-state index contributed by atoms with van der Waals surface area (Å²) in [5, 5.41) is 11.6. The Morgan fingerprint density at radius 2 is 1.56 bits per heavy atom. The van der Waals surface area contributed by atoms with Crippen LogP contribution in [0.5, 0.6) is 0 Å². The van der Waals surface area contributed by atoms with Gasteiger partial charge in [0, 0.05) is 37.9 Å². The Morgan fingerprint density at radius 3 is 2.15 bits per heavy atom. The first kappa shape index (κ1) is 25.3. The van der Waals surface area contributed by atoms with Gasteiger partial charge in [0.2, 0.25) is 5.91 Å². The summed E-state index contributed by atoms with van der Waals surface area (Å²) in [5.41, 5.74) is 4.07. The van der Waals surface area contributed by atoms with E-state index in [1.807, 2.05) is 38.1 Å². The first-order chi connectivity index (χ1) is 16.2. The molecule has 2 N–H and O–H groups in total. The van der Waals surface area contributed by atoms with Crippen LogP contribution in [0.25, 0.3) is 11.1 Å². The van der Waals surface area contributed by atoms with Gasteiger partial charge in [-0.3, -0.25) is 9.59 Å². The number of nitrogens with zero attached hydrogens (tertiary/aromatic N) is 1. The van der Waals surface area contributed by atoms with Crippen molar-refractivity contribution < 1.29 is 24.2 Å². The van der Waals surface area contributed by atoms with Crippen molar-refractivity contribution in [2.75, 3.05) is 20.2 Å². The number of carboxylic acids is 1. The molecule has 182 valence electrons. The maximum Gasteiger partial charge on any atom is 0.407 e. The number of hydrogen-bond donors (Lipinski definition) is 2. The third kappa shape index (κ3) is 6.59. The number of amides is 2. The van der Waals surface area contributed by atoms with E-state index in [-0.39, 0.29) is 31.3 Å². The molecule has 2 aromatic rings. The van der Waals surface area contributed by atoms with Crippen LogP contribution < -0.4 is 5.32 Å². The molecule has 0 aromatic heterocycles. The average Bonchev–Trinajstić information content (AvgIpc) is 3.12. The van der Waals surface area contributed by atoms with Crippen molar-refractivity contribution in [1.29, 1.82) is 0 Å². The SMILES string of the molecule is CN(CCCCC(=O)O)C(=O)CCC(C)(C)NC(=O)OCC1c2ccccc2-c2ccccc21. The molecule has 3 rings (SSSR count). The number of unbranched alkanes of at least 4 members (excludes halogenated alkanes) is 1. The van der Waals surface area contributed by atoms with Crippen molar-refractivity contribution in [2.45, 2.75) is 57.4 Å². The highest BCUT2D eigenvalue weighted by Gasteiger charge is 2.30. The fourth-order valence-electron chi connectivity index (χ4n) is 4.33. The van der Waals surface area contributed by atoms with Gasteiger partial charge in [0.1, 0.15) is 6.61 Å². The first-order valence-electron chi connectivity index (χ1n) is 11.8. The number of carbonyl (C=O) groups excluding carboxylic acids is 2. The van der Waals surface area contributed by atoms with Crippen molar-refractivity contribution in [1.82, 2.24) is 10.2 Å². The van der Waals surface area contributed by atoms with Crippen molar-refractivity contribution in [3.63, 3.8) is 0 Å². The summed E-state index contributed by atoms with van der Waals surface area (Å²) < 4.78 is 5.62. The second kappa shape index (κ2) is 11.2. The van der Waals surface area contributed by atoms with Crippen LogP contribution in [0, 0.1) is 0 Å². The summed E-state index contributed by atoms with van der Waals surface area (Å²) in [4.78, 5) is 37.2. The lowest BCUT2D eigenvalue weighted by Gasteiger charge is -2.27. The fraction of sp³-hybridized carbons (Fsp3) is 0.444. The van der Waals surface area contributed by atoms with E-state index < -0.39 is 17.6 Å². The smallest absolute Gasteiger partial charge is 0.407 e. The number of rotatable bonds is 11. The van der Waals surface area contributed by atoms with Crippen molar-refractivity contribution in [3.05, 3.63) is 59.7 Å². The lowest BCUT2D eigenvalue weighted by Crippen LogP contribution is -2.44. The van der Waals surface area contributed by atoms with Crippen LogP contribution in [0.1, 0.15) is 63.0 Å². The number of nitrogens with one attached hydrogen (secondary N) is 1. The molecule has 0 saturated heterocycles. The Hall–Kier alpha value is -3.35. The summed E-state index contributed by atoms with van der Waals surface area (Å²) in [6, 6.07) is 16.4. The number of alkyl carbamates (subject to hydrolysis) is 1. The molecule has 0 spiro atoms. The maximum absolute atomic E-state index is 12.6.